The van der Waals surface area contributed by atoms with Gasteiger partial charge in [-0.25, -0.2) is 4.39 Å². The second-order valence-electron chi connectivity index (χ2n) is 5.08. The van der Waals surface area contributed by atoms with Crippen molar-refractivity contribution in [3.63, 3.8) is 0 Å². The van der Waals surface area contributed by atoms with Gasteiger partial charge in [-0.3, -0.25) is 4.79 Å². The fourth-order valence-corrected chi connectivity index (χ4v) is 2.80. The number of rotatable bonds is 4. The lowest BCUT2D eigenvalue weighted by Crippen LogP contribution is -2.23. The van der Waals surface area contributed by atoms with Gasteiger partial charge in [0, 0.05) is 18.7 Å². The molecule has 0 amide bonds. The van der Waals surface area contributed by atoms with Gasteiger partial charge in [0.25, 0.3) is 0 Å². The van der Waals surface area contributed by atoms with E-state index in [0.29, 0.717) is 17.2 Å². The summed E-state index contributed by atoms with van der Waals surface area (Å²) in [6, 6.07) is 4.76. The molecule has 0 saturated carbocycles. The van der Waals surface area contributed by atoms with E-state index in [9.17, 15) is 9.18 Å². The van der Waals surface area contributed by atoms with Crippen LogP contribution in [0.1, 0.15) is 43.5 Å². The van der Waals surface area contributed by atoms with Crippen LogP contribution in [-0.4, -0.2) is 18.9 Å². The van der Waals surface area contributed by atoms with E-state index in [0.717, 1.165) is 25.9 Å². The maximum absolute atomic E-state index is 14.0. The highest BCUT2D eigenvalue weighted by atomic mass is 19.1. The van der Waals surface area contributed by atoms with Gasteiger partial charge in [-0.05, 0) is 37.8 Å². The average Bonchev–Trinajstić information content (AvgIpc) is 2.77. The summed E-state index contributed by atoms with van der Waals surface area (Å²) in [6.45, 7) is 5.39. The van der Waals surface area contributed by atoms with E-state index in [1.165, 1.54) is 19.4 Å². The van der Waals surface area contributed by atoms with Crippen LogP contribution in [0.2, 0.25) is 0 Å². The van der Waals surface area contributed by atoms with Gasteiger partial charge in [0.05, 0.1) is 5.69 Å². The number of hydrogen-bond donors (Lipinski definition) is 0. The van der Waals surface area contributed by atoms with Gasteiger partial charge in [-0.2, -0.15) is 0 Å². The van der Waals surface area contributed by atoms with Crippen molar-refractivity contribution in [3.8, 4) is 0 Å². The van der Waals surface area contributed by atoms with Crippen molar-refractivity contribution in [2.75, 3.05) is 18.0 Å². The summed E-state index contributed by atoms with van der Waals surface area (Å²) in [6.07, 6.45) is 3.44. The van der Waals surface area contributed by atoms with E-state index in [1.807, 2.05) is 4.90 Å². The Morgan fingerprint density at radius 2 is 2.28 bits per heavy atom. The van der Waals surface area contributed by atoms with Crippen molar-refractivity contribution in [1.29, 1.82) is 0 Å². The molecule has 0 bridgehead atoms. The molecule has 98 valence electrons. The van der Waals surface area contributed by atoms with E-state index < -0.39 is 0 Å². The lowest BCUT2D eigenvalue weighted by molar-refractivity contribution is 0.101. The number of nitrogens with zero attached hydrogens (tertiary/aromatic N) is 1. The maximum atomic E-state index is 14.0. The van der Waals surface area contributed by atoms with Crippen molar-refractivity contribution < 1.29 is 9.18 Å². The molecular weight excluding hydrogens is 229 g/mol. The third kappa shape index (κ3) is 2.55. The lowest BCUT2D eigenvalue weighted by Gasteiger charge is -2.22. The van der Waals surface area contributed by atoms with Gasteiger partial charge in [0.15, 0.2) is 5.78 Å². The molecule has 1 aliphatic heterocycles. The highest BCUT2D eigenvalue weighted by Crippen LogP contribution is 2.31. The van der Waals surface area contributed by atoms with Crippen LogP contribution in [0, 0.1) is 11.7 Å². The molecule has 0 spiro atoms. The molecule has 1 heterocycles. The molecule has 18 heavy (non-hydrogen) atoms. The predicted molar refractivity (Wildman–Crippen MR) is 71.6 cm³/mol. The normalized spacial score (nSPS) is 19.3. The topological polar surface area (TPSA) is 20.3 Å². The third-order valence-electron chi connectivity index (χ3n) is 3.67. The minimum Gasteiger partial charge on any atom is -0.368 e. The number of anilines is 1. The molecule has 1 fully saturated rings. The molecule has 0 aliphatic carbocycles. The zero-order valence-corrected chi connectivity index (χ0v) is 11.1. The highest BCUT2D eigenvalue weighted by Gasteiger charge is 2.26. The lowest BCUT2D eigenvalue weighted by atomic mass is 10.0. The minimum atomic E-state index is -0.278. The second-order valence-corrected chi connectivity index (χ2v) is 5.08. The van der Waals surface area contributed by atoms with E-state index in [4.69, 9.17) is 0 Å². The molecule has 0 aromatic heterocycles. The Morgan fingerprint density at radius 1 is 1.50 bits per heavy atom. The second kappa shape index (κ2) is 5.51. The Morgan fingerprint density at radius 3 is 2.94 bits per heavy atom. The monoisotopic (exact) mass is 249 g/mol. The van der Waals surface area contributed by atoms with Gasteiger partial charge in [0.2, 0.25) is 0 Å². The first kappa shape index (κ1) is 13.1. The molecule has 1 atom stereocenters. The predicted octanol–water partition coefficient (Wildman–Crippen LogP) is 3.65. The quantitative estimate of drug-likeness (QED) is 0.759. The van der Waals surface area contributed by atoms with Gasteiger partial charge < -0.3 is 4.90 Å². The van der Waals surface area contributed by atoms with Gasteiger partial charge in [-0.15, -0.1) is 0 Å². The van der Waals surface area contributed by atoms with Crippen LogP contribution in [0.25, 0.3) is 0 Å². The summed E-state index contributed by atoms with van der Waals surface area (Å²) >= 11 is 0. The number of para-hydroxylation sites is 1. The van der Waals surface area contributed by atoms with Gasteiger partial charge >= 0.3 is 0 Å². The fourth-order valence-electron chi connectivity index (χ4n) is 2.80. The summed E-state index contributed by atoms with van der Waals surface area (Å²) in [7, 11) is 0. The maximum Gasteiger partial charge on any atom is 0.161 e. The van der Waals surface area contributed by atoms with Crippen LogP contribution < -0.4 is 4.90 Å². The minimum absolute atomic E-state index is 0.0663. The molecule has 1 unspecified atom stereocenters. The van der Waals surface area contributed by atoms with Crippen molar-refractivity contribution in [3.05, 3.63) is 29.6 Å². The average molecular weight is 249 g/mol. The summed E-state index contributed by atoms with van der Waals surface area (Å²) in [4.78, 5) is 13.6. The van der Waals surface area contributed by atoms with Crippen molar-refractivity contribution >= 4 is 11.5 Å². The SMILES string of the molecule is CCCC1CCN(c2c(F)cccc2C(C)=O)C1. The Balaban J connectivity index is 2.26. The van der Waals surface area contributed by atoms with E-state index in [1.54, 1.807) is 12.1 Å². The standard InChI is InChI=1S/C15H20FNO/c1-3-5-12-8-9-17(10-12)15-13(11(2)18)6-4-7-14(15)16/h4,6-7,12H,3,5,8-10H2,1-2H3. The van der Waals surface area contributed by atoms with E-state index >= 15 is 0 Å². The number of carbonyl (C=O) groups is 1. The number of carbonyl (C=O) groups excluding carboxylic acids is 1. The van der Waals surface area contributed by atoms with Crippen LogP contribution in [0.3, 0.4) is 0 Å². The fraction of sp³-hybridized carbons (Fsp3) is 0.533. The molecule has 0 radical (unpaired) electrons. The molecule has 1 aliphatic rings. The molecule has 2 rings (SSSR count). The van der Waals surface area contributed by atoms with Gasteiger partial charge in [0.1, 0.15) is 5.82 Å². The molecule has 0 N–H and O–H groups in total. The molecule has 2 nitrogen and oxygen atoms in total. The molecule has 1 aromatic rings. The number of hydrogen-bond acceptors (Lipinski definition) is 2. The van der Waals surface area contributed by atoms with Gasteiger partial charge in [-0.1, -0.05) is 19.4 Å². The van der Waals surface area contributed by atoms with Crippen LogP contribution in [0.5, 0.6) is 0 Å². The van der Waals surface area contributed by atoms with Crippen LogP contribution >= 0.6 is 0 Å². The summed E-state index contributed by atoms with van der Waals surface area (Å²) in [5.74, 6) is 0.290. The Labute approximate surface area is 108 Å². The number of Topliss-reactive ketones (excluding diaryl/α,β-unsaturated/α-hetero) is 1. The van der Waals surface area contributed by atoms with Crippen LogP contribution in [0.15, 0.2) is 18.2 Å². The zero-order chi connectivity index (χ0) is 13.1. The Hall–Kier alpha value is -1.38. The smallest absolute Gasteiger partial charge is 0.161 e. The van der Waals surface area contributed by atoms with Crippen LogP contribution in [0.4, 0.5) is 10.1 Å². The summed E-state index contributed by atoms with van der Waals surface area (Å²) in [5.41, 5.74) is 1.01. The van der Waals surface area contributed by atoms with Crippen molar-refractivity contribution in [1.82, 2.24) is 0 Å². The number of ketones is 1. The van der Waals surface area contributed by atoms with E-state index in [-0.39, 0.29) is 11.6 Å². The Kier molecular flexibility index (Phi) is 4.00. The first-order valence-corrected chi connectivity index (χ1v) is 6.68. The number of benzene rings is 1. The summed E-state index contributed by atoms with van der Waals surface area (Å²) < 4.78 is 14.0. The third-order valence-corrected chi connectivity index (χ3v) is 3.67. The highest BCUT2D eigenvalue weighted by molar-refractivity contribution is 5.99. The largest absolute Gasteiger partial charge is 0.368 e. The molecule has 3 heteroatoms. The van der Waals surface area contributed by atoms with Crippen molar-refractivity contribution in [2.45, 2.75) is 33.1 Å². The van der Waals surface area contributed by atoms with E-state index in [2.05, 4.69) is 6.92 Å². The first-order chi connectivity index (χ1) is 8.63. The Bertz CT molecular complexity index is 444. The van der Waals surface area contributed by atoms with Crippen LogP contribution in [-0.2, 0) is 0 Å². The molecule has 1 saturated heterocycles. The number of halogens is 1. The van der Waals surface area contributed by atoms with Crippen molar-refractivity contribution in [2.24, 2.45) is 5.92 Å². The first-order valence-electron chi connectivity index (χ1n) is 6.68. The molecular formula is C15H20FNO. The summed E-state index contributed by atoms with van der Waals surface area (Å²) in [5, 5.41) is 0. The zero-order valence-electron chi connectivity index (χ0n) is 11.1. The molecule has 1 aromatic carbocycles.